The molecule has 24 heavy (non-hydrogen) atoms. The number of nitrogens with one attached hydrogen (secondary N) is 1. The summed E-state index contributed by atoms with van der Waals surface area (Å²) >= 11 is 1.72. The predicted molar refractivity (Wildman–Crippen MR) is 96.3 cm³/mol. The highest BCUT2D eigenvalue weighted by atomic mass is 32.1. The summed E-state index contributed by atoms with van der Waals surface area (Å²) < 4.78 is 1.21. The fourth-order valence-corrected chi connectivity index (χ4v) is 4.33. The van der Waals surface area contributed by atoms with Crippen LogP contribution in [0.5, 0.6) is 0 Å². The van der Waals surface area contributed by atoms with Crippen molar-refractivity contribution in [3.05, 3.63) is 24.3 Å². The molecule has 0 atom stereocenters. The Morgan fingerprint density at radius 1 is 1.33 bits per heavy atom. The van der Waals surface area contributed by atoms with E-state index in [0.717, 1.165) is 49.4 Å². The number of nitrogens with zero attached hydrogens (tertiary/aromatic N) is 2. The van der Waals surface area contributed by atoms with Gasteiger partial charge in [-0.25, -0.2) is 4.98 Å². The highest BCUT2D eigenvalue weighted by molar-refractivity contribution is 7.22. The molecule has 6 heteroatoms. The topological polar surface area (TPSA) is 65.5 Å². The maximum absolute atomic E-state index is 12.3. The van der Waals surface area contributed by atoms with Gasteiger partial charge >= 0.3 is 0 Å². The predicted octanol–water partition coefficient (Wildman–Crippen LogP) is 2.40. The van der Waals surface area contributed by atoms with Crippen molar-refractivity contribution in [1.82, 2.24) is 10.3 Å². The third-order valence-electron chi connectivity index (χ3n) is 5.35. The van der Waals surface area contributed by atoms with Gasteiger partial charge in [-0.05, 0) is 37.8 Å². The number of carbonyl (C=O) groups excluding carboxylic acids is 1. The molecule has 1 saturated heterocycles. The van der Waals surface area contributed by atoms with Crippen molar-refractivity contribution < 1.29 is 9.90 Å². The first-order valence-corrected chi connectivity index (χ1v) is 9.50. The Bertz CT molecular complexity index is 700. The lowest BCUT2D eigenvalue weighted by molar-refractivity contribution is -0.125. The van der Waals surface area contributed by atoms with Crippen molar-refractivity contribution in [3.8, 4) is 0 Å². The Hall–Kier alpha value is -1.66. The number of thiazole rings is 1. The summed E-state index contributed by atoms with van der Waals surface area (Å²) in [5.41, 5.74) is 1.04. The summed E-state index contributed by atoms with van der Waals surface area (Å²) in [6.07, 6.45) is 3.79. The Morgan fingerprint density at radius 3 is 2.75 bits per heavy atom. The van der Waals surface area contributed by atoms with Crippen molar-refractivity contribution in [1.29, 1.82) is 0 Å². The fourth-order valence-electron chi connectivity index (χ4n) is 3.31. The first-order valence-electron chi connectivity index (χ1n) is 8.68. The first kappa shape index (κ1) is 15.8. The SMILES string of the molecule is O=C(NCC1(CO)CC1)C1CCN(c2nc3ccccc3s2)CC1. The molecule has 0 bridgehead atoms. The van der Waals surface area contributed by atoms with Crippen molar-refractivity contribution in [2.24, 2.45) is 11.3 Å². The molecule has 2 aliphatic rings. The highest BCUT2D eigenvalue weighted by Crippen LogP contribution is 2.44. The molecule has 0 unspecified atom stereocenters. The van der Waals surface area contributed by atoms with Gasteiger partial charge in [-0.3, -0.25) is 4.79 Å². The standard InChI is InChI=1S/C18H23N3O2S/c22-12-18(7-8-18)11-19-16(23)13-5-9-21(10-6-13)17-20-14-3-1-2-4-15(14)24-17/h1-4,13,22H,5-12H2,(H,19,23). The van der Waals surface area contributed by atoms with E-state index in [1.807, 2.05) is 18.2 Å². The van der Waals surface area contributed by atoms with Gasteiger partial charge < -0.3 is 15.3 Å². The van der Waals surface area contributed by atoms with E-state index in [4.69, 9.17) is 4.98 Å². The van der Waals surface area contributed by atoms with E-state index in [1.165, 1.54) is 4.70 Å². The van der Waals surface area contributed by atoms with E-state index in [1.54, 1.807) is 11.3 Å². The fraction of sp³-hybridized carbons (Fsp3) is 0.556. The molecule has 0 radical (unpaired) electrons. The Morgan fingerprint density at radius 2 is 2.08 bits per heavy atom. The normalized spacial score (nSPS) is 20.3. The summed E-state index contributed by atoms with van der Waals surface area (Å²) in [5.74, 6) is 0.240. The number of hydrogen-bond donors (Lipinski definition) is 2. The molecule has 0 spiro atoms. The van der Waals surface area contributed by atoms with Crippen molar-refractivity contribution in [2.75, 3.05) is 31.1 Å². The number of piperidine rings is 1. The molecular formula is C18H23N3O2S. The van der Waals surface area contributed by atoms with E-state index in [2.05, 4.69) is 16.3 Å². The van der Waals surface area contributed by atoms with E-state index in [9.17, 15) is 9.90 Å². The molecule has 1 aromatic heterocycles. The van der Waals surface area contributed by atoms with Gasteiger partial charge in [0.25, 0.3) is 0 Å². The lowest BCUT2D eigenvalue weighted by Crippen LogP contribution is -2.42. The number of aliphatic hydroxyl groups excluding tert-OH is 1. The van der Waals surface area contributed by atoms with Gasteiger partial charge in [-0.15, -0.1) is 0 Å². The van der Waals surface area contributed by atoms with Crippen LogP contribution in [0.25, 0.3) is 10.2 Å². The largest absolute Gasteiger partial charge is 0.396 e. The zero-order valence-corrected chi connectivity index (χ0v) is 14.5. The molecule has 2 fully saturated rings. The maximum Gasteiger partial charge on any atom is 0.223 e. The number of fused-ring (bicyclic) bond motifs is 1. The van der Waals surface area contributed by atoms with Crippen molar-refractivity contribution in [2.45, 2.75) is 25.7 Å². The van der Waals surface area contributed by atoms with Gasteiger partial charge in [0.15, 0.2) is 5.13 Å². The van der Waals surface area contributed by atoms with Crippen LogP contribution < -0.4 is 10.2 Å². The highest BCUT2D eigenvalue weighted by Gasteiger charge is 2.42. The molecule has 1 aliphatic heterocycles. The number of aliphatic hydroxyl groups is 1. The zero-order chi connectivity index (χ0) is 16.6. The third-order valence-corrected chi connectivity index (χ3v) is 6.45. The molecule has 4 rings (SSSR count). The number of rotatable bonds is 5. The summed E-state index contributed by atoms with van der Waals surface area (Å²) in [5, 5.41) is 13.5. The molecule has 2 heterocycles. The maximum atomic E-state index is 12.3. The lowest BCUT2D eigenvalue weighted by Gasteiger charge is -2.31. The van der Waals surface area contributed by atoms with Crippen LogP contribution in [0, 0.1) is 11.3 Å². The quantitative estimate of drug-likeness (QED) is 0.873. The Balaban J connectivity index is 1.32. The number of aromatic nitrogens is 1. The smallest absolute Gasteiger partial charge is 0.223 e. The van der Waals surface area contributed by atoms with E-state index in [0.29, 0.717) is 6.54 Å². The van der Waals surface area contributed by atoms with Crippen LogP contribution in [-0.2, 0) is 4.79 Å². The number of anilines is 1. The van der Waals surface area contributed by atoms with Gasteiger partial charge in [-0.1, -0.05) is 23.5 Å². The van der Waals surface area contributed by atoms with Gasteiger partial charge in [-0.2, -0.15) is 0 Å². The molecule has 5 nitrogen and oxygen atoms in total. The summed E-state index contributed by atoms with van der Waals surface area (Å²) in [6, 6.07) is 8.21. The zero-order valence-electron chi connectivity index (χ0n) is 13.7. The number of para-hydroxylation sites is 1. The van der Waals surface area contributed by atoms with Crippen LogP contribution in [-0.4, -0.2) is 42.2 Å². The van der Waals surface area contributed by atoms with Crippen LogP contribution >= 0.6 is 11.3 Å². The van der Waals surface area contributed by atoms with E-state index < -0.39 is 0 Å². The average molecular weight is 345 g/mol. The van der Waals surface area contributed by atoms with Crippen LogP contribution in [0.3, 0.4) is 0 Å². The lowest BCUT2D eigenvalue weighted by atomic mass is 9.96. The second-order valence-corrected chi connectivity index (χ2v) is 8.11. The van der Waals surface area contributed by atoms with Gasteiger partial charge in [0.05, 0.1) is 16.8 Å². The van der Waals surface area contributed by atoms with Gasteiger partial charge in [0.1, 0.15) is 0 Å². The number of benzene rings is 1. The van der Waals surface area contributed by atoms with Crippen LogP contribution in [0.4, 0.5) is 5.13 Å². The number of amides is 1. The van der Waals surface area contributed by atoms with Crippen molar-refractivity contribution >= 4 is 32.6 Å². The minimum atomic E-state index is -0.0165. The van der Waals surface area contributed by atoms with E-state index >= 15 is 0 Å². The molecule has 1 aromatic carbocycles. The number of carbonyl (C=O) groups is 1. The minimum Gasteiger partial charge on any atom is -0.396 e. The minimum absolute atomic E-state index is 0.0165. The summed E-state index contributed by atoms with van der Waals surface area (Å²) in [6.45, 7) is 2.57. The first-order chi connectivity index (χ1) is 11.7. The van der Waals surface area contributed by atoms with Gasteiger partial charge in [0, 0.05) is 31.0 Å². The van der Waals surface area contributed by atoms with Crippen LogP contribution in [0.2, 0.25) is 0 Å². The second kappa shape index (κ2) is 6.33. The monoisotopic (exact) mass is 345 g/mol. The molecule has 2 N–H and O–H groups in total. The number of hydrogen-bond acceptors (Lipinski definition) is 5. The van der Waals surface area contributed by atoms with Crippen LogP contribution in [0.1, 0.15) is 25.7 Å². The Labute approximate surface area is 145 Å². The summed E-state index contributed by atoms with van der Waals surface area (Å²) in [4.78, 5) is 19.4. The van der Waals surface area contributed by atoms with Crippen LogP contribution in [0.15, 0.2) is 24.3 Å². The Kier molecular flexibility index (Phi) is 4.18. The third kappa shape index (κ3) is 3.13. The van der Waals surface area contributed by atoms with Crippen molar-refractivity contribution in [3.63, 3.8) is 0 Å². The molecule has 2 aromatic rings. The molecular weight excluding hydrogens is 322 g/mol. The molecule has 1 aliphatic carbocycles. The van der Waals surface area contributed by atoms with Gasteiger partial charge in [0.2, 0.25) is 5.91 Å². The second-order valence-electron chi connectivity index (χ2n) is 7.10. The summed E-state index contributed by atoms with van der Waals surface area (Å²) in [7, 11) is 0. The van der Waals surface area contributed by atoms with E-state index in [-0.39, 0.29) is 23.8 Å². The molecule has 128 valence electrons. The molecule has 1 saturated carbocycles. The molecule has 1 amide bonds. The average Bonchev–Trinajstić information content (AvgIpc) is 3.29.